The summed E-state index contributed by atoms with van der Waals surface area (Å²) in [7, 11) is -4.11. The topological polar surface area (TPSA) is 93.2 Å². The summed E-state index contributed by atoms with van der Waals surface area (Å²) in [6.45, 7) is 2.88. The number of sulfonamides is 1. The maximum Gasteiger partial charge on any atom is 0.338 e. The lowest BCUT2D eigenvalue weighted by Gasteiger charge is -2.35. The molecule has 0 aromatic heterocycles. The van der Waals surface area contributed by atoms with Crippen LogP contribution in [0, 0.1) is 5.82 Å². The molecule has 1 amide bonds. The Kier molecular flexibility index (Phi) is 7.43. The van der Waals surface area contributed by atoms with Gasteiger partial charge in [-0.1, -0.05) is 6.92 Å². The second kappa shape index (κ2) is 9.84. The molecule has 1 aromatic carbocycles. The second-order valence-corrected chi connectivity index (χ2v) is 9.29. The van der Waals surface area contributed by atoms with Gasteiger partial charge in [-0.05, 0) is 43.9 Å². The summed E-state index contributed by atoms with van der Waals surface area (Å²) in [6, 6.07) is 3.17. The Bertz CT molecular complexity index is 885. The minimum Gasteiger partial charge on any atom is -0.452 e. The molecule has 1 aromatic rings. The van der Waals surface area contributed by atoms with Crippen molar-refractivity contribution in [3.63, 3.8) is 0 Å². The zero-order valence-corrected chi connectivity index (χ0v) is 17.8. The van der Waals surface area contributed by atoms with Crippen LogP contribution in [0.25, 0.3) is 0 Å². The van der Waals surface area contributed by atoms with Gasteiger partial charge in [0.15, 0.2) is 6.61 Å². The van der Waals surface area contributed by atoms with Crippen LogP contribution in [-0.4, -0.2) is 75.0 Å². The van der Waals surface area contributed by atoms with Gasteiger partial charge < -0.3 is 14.4 Å². The molecule has 0 bridgehead atoms. The van der Waals surface area contributed by atoms with Crippen LogP contribution < -0.4 is 0 Å². The minimum absolute atomic E-state index is 0.110. The van der Waals surface area contributed by atoms with Gasteiger partial charge in [0.1, 0.15) is 10.7 Å². The second-order valence-electron chi connectivity index (χ2n) is 7.38. The number of rotatable bonds is 6. The fourth-order valence-electron chi connectivity index (χ4n) is 3.80. The van der Waals surface area contributed by atoms with Crippen molar-refractivity contribution in [2.24, 2.45) is 0 Å². The molecule has 2 aliphatic heterocycles. The Morgan fingerprint density at radius 2 is 1.93 bits per heavy atom. The fourth-order valence-corrected chi connectivity index (χ4v) is 5.30. The first-order valence-electron chi connectivity index (χ1n) is 10.2. The monoisotopic (exact) mass is 442 g/mol. The number of nitrogens with zero attached hydrogens (tertiary/aromatic N) is 2. The van der Waals surface area contributed by atoms with Crippen molar-refractivity contribution in [3.8, 4) is 0 Å². The number of benzene rings is 1. The smallest absolute Gasteiger partial charge is 0.338 e. The molecule has 0 spiro atoms. The van der Waals surface area contributed by atoms with Crippen LogP contribution in [0.15, 0.2) is 23.1 Å². The summed E-state index contributed by atoms with van der Waals surface area (Å²) in [5, 5.41) is 0. The van der Waals surface area contributed by atoms with Gasteiger partial charge >= 0.3 is 5.97 Å². The largest absolute Gasteiger partial charge is 0.452 e. The Balaban J connectivity index is 1.69. The number of hydrogen-bond donors (Lipinski definition) is 0. The summed E-state index contributed by atoms with van der Waals surface area (Å²) in [5.74, 6) is -2.10. The number of morpholine rings is 1. The molecule has 2 fully saturated rings. The van der Waals surface area contributed by atoms with E-state index in [1.165, 1.54) is 0 Å². The lowest BCUT2D eigenvalue weighted by atomic mass is 10.00. The number of likely N-dealkylation sites (tertiary alicyclic amines) is 1. The van der Waals surface area contributed by atoms with Crippen molar-refractivity contribution >= 4 is 21.9 Å². The van der Waals surface area contributed by atoms with E-state index in [0.29, 0.717) is 6.54 Å². The molecular formula is C20H27FN2O6S. The highest BCUT2D eigenvalue weighted by Crippen LogP contribution is 2.23. The number of carbonyl (C=O) groups excluding carboxylic acids is 2. The Hall–Kier alpha value is -2.04. The molecule has 0 radical (unpaired) electrons. The molecule has 1 atom stereocenters. The van der Waals surface area contributed by atoms with Gasteiger partial charge in [0.05, 0.1) is 18.8 Å². The van der Waals surface area contributed by atoms with Crippen LogP contribution in [-0.2, 0) is 24.3 Å². The third-order valence-electron chi connectivity index (χ3n) is 5.50. The Labute approximate surface area is 176 Å². The van der Waals surface area contributed by atoms with Crippen molar-refractivity contribution in [3.05, 3.63) is 29.6 Å². The van der Waals surface area contributed by atoms with Gasteiger partial charge in [-0.25, -0.2) is 17.6 Å². The average molecular weight is 443 g/mol. The summed E-state index contributed by atoms with van der Waals surface area (Å²) >= 11 is 0. The summed E-state index contributed by atoms with van der Waals surface area (Å²) in [6.07, 6.45) is 3.74. The minimum atomic E-state index is -4.11. The third kappa shape index (κ3) is 4.98. The first-order chi connectivity index (χ1) is 14.3. The Morgan fingerprint density at radius 3 is 2.63 bits per heavy atom. The van der Waals surface area contributed by atoms with Crippen LogP contribution in [0.5, 0.6) is 0 Å². The molecule has 1 unspecified atom stereocenters. The van der Waals surface area contributed by atoms with Gasteiger partial charge in [-0.3, -0.25) is 4.79 Å². The number of hydrogen-bond acceptors (Lipinski definition) is 6. The number of esters is 1. The molecule has 2 heterocycles. The molecule has 0 saturated carbocycles. The lowest BCUT2D eigenvalue weighted by Crippen LogP contribution is -2.45. The zero-order valence-electron chi connectivity index (χ0n) is 17.0. The van der Waals surface area contributed by atoms with E-state index in [-0.39, 0.29) is 43.8 Å². The average Bonchev–Trinajstić information content (AvgIpc) is 2.77. The molecule has 0 N–H and O–H groups in total. The number of halogens is 1. The lowest BCUT2D eigenvalue weighted by molar-refractivity contribution is -0.138. The fraction of sp³-hybridized carbons (Fsp3) is 0.600. The van der Waals surface area contributed by atoms with Gasteiger partial charge in [-0.15, -0.1) is 0 Å². The molecule has 10 heteroatoms. The van der Waals surface area contributed by atoms with Gasteiger partial charge in [0, 0.05) is 25.7 Å². The zero-order chi connectivity index (χ0) is 21.7. The van der Waals surface area contributed by atoms with Crippen molar-refractivity contribution in [1.29, 1.82) is 0 Å². The van der Waals surface area contributed by atoms with Crippen molar-refractivity contribution < 1.29 is 31.9 Å². The number of ether oxygens (including phenoxy) is 2. The standard InChI is InChI=1S/C20H27FN2O6S/c1-2-16-5-3-4-8-23(16)19(24)14-29-20(25)15-6-7-17(21)18(13-15)30(26,27)22-9-11-28-12-10-22/h6-7,13,16H,2-5,8-12,14H2,1H3. The highest BCUT2D eigenvalue weighted by molar-refractivity contribution is 7.89. The first kappa shape index (κ1) is 22.6. The molecule has 166 valence electrons. The SMILES string of the molecule is CCC1CCCCN1C(=O)COC(=O)c1ccc(F)c(S(=O)(=O)N2CCOCC2)c1. The maximum absolute atomic E-state index is 14.3. The van der Waals surface area contributed by atoms with E-state index in [2.05, 4.69) is 0 Å². The van der Waals surface area contributed by atoms with Crippen LogP contribution in [0.3, 0.4) is 0 Å². The van der Waals surface area contributed by atoms with Crippen molar-refractivity contribution in [2.45, 2.75) is 43.5 Å². The van der Waals surface area contributed by atoms with Crippen LogP contribution in [0.1, 0.15) is 43.0 Å². The predicted octanol–water partition coefficient (Wildman–Crippen LogP) is 1.79. The van der Waals surface area contributed by atoms with E-state index in [4.69, 9.17) is 9.47 Å². The van der Waals surface area contributed by atoms with Gasteiger partial charge in [0.25, 0.3) is 5.91 Å². The molecule has 30 heavy (non-hydrogen) atoms. The van der Waals surface area contributed by atoms with Crippen LogP contribution in [0.4, 0.5) is 4.39 Å². The normalized spacial score (nSPS) is 20.7. The number of carbonyl (C=O) groups is 2. The first-order valence-corrected chi connectivity index (χ1v) is 11.6. The van der Waals surface area contributed by atoms with Crippen molar-refractivity contribution in [1.82, 2.24) is 9.21 Å². The predicted molar refractivity (Wildman–Crippen MR) is 106 cm³/mol. The van der Waals surface area contributed by atoms with E-state index in [1.807, 2.05) is 6.92 Å². The summed E-state index contributed by atoms with van der Waals surface area (Å²) < 4.78 is 51.1. The Morgan fingerprint density at radius 1 is 1.20 bits per heavy atom. The molecule has 2 saturated heterocycles. The van der Waals surface area contributed by atoms with Crippen LogP contribution in [0.2, 0.25) is 0 Å². The van der Waals surface area contributed by atoms with E-state index < -0.39 is 33.3 Å². The van der Waals surface area contributed by atoms with E-state index in [1.54, 1.807) is 4.90 Å². The van der Waals surface area contributed by atoms with E-state index in [0.717, 1.165) is 48.2 Å². The molecule has 0 aliphatic carbocycles. The highest BCUT2D eigenvalue weighted by atomic mass is 32.2. The van der Waals surface area contributed by atoms with Gasteiger partial charge in [-0.2, -0.15) is 4.31 Å². The third-order valence-corrected chi connectivity index (χ3v) is 7.41. The molecule has 2 aliphatic rings. The van der Waals surface area contributed by atoms with Gasteiger partial charge in [0.2, 0.25) is 10.0 Å². The van der Waals surface area contributed by atoms with E-state index >= 15 is 0 Å². The maximum atomic E-state index is 14.3. The van der Waals surface area contributed by atoms with Crippen molar-refractivity contribution in [2.75, 3.05) is 39.5 Å². The molecule has 3 rings (SSSR count). The summed E-state index contributed by atoms with van der Waals surface area (Å²) in [4.78, 5) is 26.0. The van der Waals surface area contributed by atoms with E-state index in [9.17, 15) is 22.4 Å². The highest BCUT2D eigenvalue weighted by Gasteiger charge is 2.30. The van der Waals surface area contributed by atoms with Crippen LogP contribution >= 0.6 is 0 Å². The number of piperidine rings is 1. The molecular weight excluding hydrogens is 415 g/mol. The quantitative estimate of drug-likeness (QED) is 0.624. The number of amides is 1. The molecule has 8 nitrogen and oxygen atoms in total. The summed E-state index contributed by atoms with van der Waals surface area (Å²) in [5.41, 5.74) is -0.123.